The van der Waals surface area contributed by atoms with Crippen LogP contribution in [0.2, 0.25) is 0 Å². The molecule has 110 valence electrons. The zero-order valence-corrected chi connectivity index (χ0v) is 12.1. The molecule has 1 unspecified atom stereocenters. The molecule has 2 aliphatic rings. The highest BCUT2D eigenvalue weighted by Gasteiger charge is 2.35. The third kappa shape index (κ3) is 2.56. The van der Waals surface area contributed by atoms with Gasteiger partial charge < -0.3 is 15.2 Å². The van der Waals surface area contributed by atoms with Crippen LogP contribution in [0.25, 0.3) is 10.9 Å². The van der Waals surface area contributed by atoms with Crippen molar-refractivity contribution in [2.45, 2.75) is 37.8 Å². The first-order chi connectivity index (χ1) is 10.3. The number of para-hydroxylation sites is 1. The molecule has 4 heteroatoms. The Kier molecular flexibility index (Phi) is 3.19. The van der Waals surface area contributed by atoms with Crippen LogP contribution in [0.4, 0.5) is 0 Å². The third-order valence-electron chi connectivity index (χ3n) is 4.59. The smallest absolute Gasteiger partial charge is 0.270 e. The highest BCUT2D eigenvalue weighted by Crippen LogP contribution is 2.29. The van der Waals surface area contributed by atoms with Crippen molar-refractivity contribution in [3.05, 3.63) is 36.0 Å². The lowest BCUT2D eigenvalue weighted by Crippen LogP contribution is -2.42. The number of carbonyl (C=O) groups excluding carboxylic acids is 1. The zero-order valence-electron chi connectivity index (χ0n) is 12.1. The van der Waals surface area contributed by atoms with Gasteiger partial charge in [0.1, 0.15) is 5.69 Å². The molecular formula is C17H21N3O. The molecule has 1 aromatic heterocycles. The predicted molar refractivity (Wildman–Crippen MR) is 83.4 cm³/mol. The number of hydrogen-bond donors (Lipinski definition) is 2. The van der Waals surface area contributed by atoms with Crippen LogP contribution < -0.4 is 5.32 Å². The van der Waals surface area contributed by atoms with E-state index in [2.05, 4.69) is 15.2 Å². The number of aromatic amines is 1. The van der Waals surface area contributed by atoms with E-state index in [1.54, 1.807) is 0 Å². The monoisotopic (exact) mass is 283 g/mol. The number of aromatic nitrogens is 1. The topological polar surface area (TPSA) is 48.1 Å². The Morgan fingerprint density at radius 3 is 2.81 bits per heavy atom. The number of benzene rings is 1. The normalized spacial score (nSPS) is 21.8. The van der Waals surface area contributed by atoms with Crippen LogP contribution in [0, 0.1) is 0 Å². The molecule has 1 aliphatic carbocycles. The predicted octanol–water partition coefficient (Wildman–Crippen LogP) is 2.52. The summed E-state index contributed by atoms with van der Waals surface area (Å²) >= 11 is 0. The first-order valence-electron chi connectivity index (χ1n) is 7.93. The first kappa shape index (κ1) is 12.9. The van der Waals surface area contributed by atoms with Gasteiger partial charge in [0, 0.05) is 29.5 Å². The molecule has 4 rings (SSSR count). The van der Waals surface area contributed by atoms with Gasteiger partial charge in [0.15, 0.2) is 0 Å². The molecular weight excluding hydrogens is 262 g/mol. The maximum Gasteiger partial charge on any atom is 0.270 e. The Morgan fingerprint density at radius 2 is 2.10 bits per heavy atom. The number of fused-ring (bicyclic) bond motifs is 1. The Morgan fingerprint density at radius 1 is 1.24 bits per heavy atom. The third-order valence-corrected chi connectivity index (χ3v) is 4.59. The summed E-state index contributed by atoms with van der Waals surface area (Å²) in [4.78, 5) is 18.2. The maximum absolute atomic E-state index is 12.9. The summed E-state index contributed by atoms with van der Waals surface area (Å²) in [6, 6.07) is 11.0. The number of hydrogen-bond acceptors (Lipinski definition) is 2. The minimum atomic E-state index is 0.155. The van der Waals surface area contributed by atoms with Crippen LogP contribution >= 0.6 is 0 Å². The van der Waals surface area contributed by atoms with E-state index in [0.29, 0.717) is 12.1 Å². The zero-order chi connectivity index (χ0) is 14.2. The van der Waals surface area contributed by atoms with Crippen molar-refractivity contribution >= 4 is 16.8 Å². The van der Waals surface area contributed by atoms with Crippen LogP contribution in [-0.2, 0) is 0 Å². The molecule has 2 heterocycles. The fourth-order valence-electron chi connectivity index (χ4n) is 3.28. The molecule has 2 aromatic rings. The number of amides is 1. The highest BCUT2D eigenvalue weighted by molar-refractivity contribution is 5.98. The van der Waals surface area contributed by atoms with E-state index in [9.17, 15) is 4.79 Å². The van der Waals surface area contributed by atoms with Gasteiger partial charge in [-0.15, -0.1) is 0 Å². The van der Waals surface area contributed by atoms with E-state index in [0.717, 1.165) is 42.5 Å². The summed E-state index contributed by atoms with van der Waals surface area (Å²) in [5, 5.41) is 4.61. The van der Waals surface area contributed by atoms with E-state index in [4.69, 9.17) is 0 Å². The number of carbonyl (C=O) groups is 1. The van der Waals surface area contributed by atoms with Gasteiger partial charge in [-0.2, -0.15) is 0 Å². The summed E-state index contributed by atoms with van der Waals surface area (Å²) in [6.45, 7) is 1.93. The van der Waals surface area contributed by atoms with E-state index in [-0.39, 0.29) is 5.91 Å². The maximum atomic E-state index is 12.9. The number of nitrogens with one attached hydrogen (secondary N) is 2. The summed E-state index contributed by atoms with van der Waals surface area (Å²) < 4.78 is 0. The largest absolute Gasteiger partial charge is 0.351 e. The molecule has 4 nitrogen and oxygen atoms in total. The summed E-state index contributed by atoms with van der Waals surface area (Å²) in [6.07, 6.45) is 4.71. The Balaban J connectivity index is 1.57. The van der Waals surface area contributed by atoms with Gasteiger partial charge in [-0.05, 0) is 44.4 Å². The molecule has 1 atom stereocenters. The lowest BCUT2D eigenvalue weighted by atomic mass is 10.2. The number of rotatable bonds is 4. The lowest BCUT2D eigenvalue weighted by Gasteiger charge is -2.25. The average molecular weight is 283 g/mol. The number of H-pyrrole nitrogens is 1. The molecule has 1 amide bonds. The second kappa shape index (κ2) is 5.19. The standard InChI is InChI=1S/C17H21N3O/c21-17(16-10-12-4-1-2-6-15(12)19-16)20(14-7-8-14)11-13-5-3-9-18-13/h1-2,4,6,10,13-14,18-19H,3,5,7-9,11H2. The van der Waals surface area contributed by atoms with Crippen molar-refractivity contribution in [1.29, 1.82) is 0 Å². The van der Waals surface area contributed by atoms with E-state index in [1.165, 1.54) is 12.8 Å². The van der Waals surface area contributed by atoms with Crippen molar-refractivity contribution < 1.29 is 4.79 Å². The average Bonchev–Trinajstić information content (AvgIpc) is 3.04. The van der Waals surface area contributed by atoms with Gasteiger partial charge in [0.2, 0.25) is 0 Å². The van der Waals surface area contributed by atoms with Crippen LogP contribution in [-0.4, -0.2) is 41.0 Å². The minimum Gasteiger partial charge on any atom is -0.351 e. The first-order valence-corrected chi connectivity index (χ1v) is 7.93. The van der Waals surface area contributed by atoms with Gasteiger partial charge in [-0.3, -0.25) is 4.79 Å². The summed E-state index contributed by atoms with van der Waals surface area (Å²) in [5.41, 5.74) is 1.76. The fourth-order valence-corrected chi connectivity index (χ4v) is 3.28. The van der Waals surface area contributed by atoms with Gasteiger partial charge in [0.05, 0.1) is 0 Å². The molecule has 1 saturated carbocycles. The molecule has 2 fully saturated rings. The van der Waals surface area contributed by atoms with E-state index < -0.39 is 0 Å². The molecule has 21 heavy (non-hydrogen) atoms. The molecule has 0 radical (unpaired) electrons. The van der Waals surface area contributed by atoms with Crippen LogP contribution in [0.5, 0.6) is 0 Å². The van der Waals surface area contributed by atoms with Crippen molar-refractivity contribution in [3.63, 3.8) is 0 Å². The molecule has 1 aromatic carbocycles. The summed E-state index contributed by atoms with van der Waals surface area (Å²) in [7, 11) is 0. The van der Waals surface area contributed by atoms with E-state index in [1.807, 2.05) is 30.3 Å². The lowest BCUT2D eigenvalue weighted by molar-refractivity contribution is 0.0723. The Labute approximate surface area is 124 Å². The van der Waals surface area contributed by atoms with Crippen molar-refractivity contribution in [2.24, 2.45) is 0 Å². The number of nitrogens with zero attached hydrogens (tertiary/aromatic N) is 1. The van der Waals surface area contributed by atoms with Crippen molar-refractivity contribution in [1.82, 2.24) is 15.2 Å². The molecule has 1 saturated heterocycles. The van der Waals surface area contributed by atoms with Crippen molar-refractivity contribution in [2.75, 3.05) is 13.1 Å². The highest BCUT2D eigenvalue weighted by atomic mass is 16.2. The Bertz CT molecular complexity index is 620. The molecule has 0 spiro atoms. The molecule has 2 N–H and O–H groups in total. The molecule has 0 bridgehead atoms. The van der Waals surface area contributed by atoms with Crippen molar-refractivity contribution in [3.8, 4) is 0 Å². The van der Waals surface area contributed by atoms with Gasteiger partial charge in [0.25, 0.3) is 5.91 Å². The quantitative estimate of drug-likeness (QED) is 0.906. The summed E-state index contributed by atoms with van der Waals surface area (Å²) in [5.74, 6) is 0.155. The second-order valence-corrected chi connectivity index (χ2v) is 6.25. The molecule has 1 aliphatic heterocycles. The van der Waals surface area contributed by atoms with Gasteiger partial charge in [-0.1, -0.05) is 18.2 Å². The SMILES string of the molecule is O=C(c1cc2ccccc2[nH]1)N(CC1CCCN1)C1CC1. The van der Waals surface area contributed by atoms with Crippen LogP contribution in [0.1, 0.15) is 36.2 Å². The second-order valence-electron chi connectivity index (χ2n) is 6.25. The van der Waals surface area contributed by atoms with Gasteiger partial charge in [-0.25, -0.2) is 0 Å². The van der Waals surface area contributed by atoms with Gasteiger partial charge >= 0.3 is 0 Å². The van der Waals surface area contributed by atoms with Crippen LogP contribution in [0.3, 0.4) is 0 Å². The van der Waals surface area contributed by atoms with E-state index >= 15 is 0 Å². The minimum absolute atomic E-state index is 0.155. The van der Waals surface area contributed by atoms with Crippen LogP contribution in [0.15, 0.2) is 30.3 Å². The fraction of sp³-hybridized carbons (Fsp3) is 0.471. The Hall–Kier alpha value is -1.81.